The standard InChI is InChI=1S/4CH3.S.2Sn/h4*1H3;;;. The molecule has 0 saturated heterocycles. The van der Waals surface area contributed by atoms with Crippen LogP contribution in [0.3, 0.4) is 0 Å². The Morgan fingerprint density at radius 3 is 1.14 bits per heavy atom. The van der Waals surface area contributed by atoms with Crippen LogP contribution < -0.4 is 0 Å². The summed E-state index contributed by atoms with van der Waals surface area (Å²) in [7, 11) is 0. The Hall–Kier alpha value is 1.95. The predicted octanol–water partition coefficient (Wildman–Crippen LogP) is 2.22. The van der Waals surface area contributed by atoms with E-state index in [2.05, 4.69) is 25.9 Å². The van der Waals surface area contributed by atoms with E-state index in [4.69, 9.17) is 0 Å². The van der Waals surface area contributed by atoms with Gasteiger partial charge in [0.2, 0.25) is 0 Å². The average molecular weight is 330 g/mol. The normalized spacial score (nSPS) is 11.1. The second-order valence-corrected chi connectivity index (χ2v) is 36.9. The van der Waals surface area contributed by atoms with E-state index in [1.807, 2.05) is 0 Å². The summed E-state index contributed by atoms with van der Waals surface area (Å²) in [5, 5.41) is 0. The summed E-state index contributed by atoms with van der Waals surface area (Å²) in [6.07, 6.45) is 2.40. The molecule has 0 N–H and O–H groups in total. The van der Waals surface area contributed by atoms with Gasteiger partial charge >= 0.3 is 62.6 Å². The van der Waals surface area contributed by atoms with Crippen molar-refractivity contribution in [2.75, 3.05) is 0 Å². The molecule has 0 atom stereocenters. The van der Waals surface area contributed by atoms with Gasteiger partial charge in [-0.1, -0.05) is 0 Å². The molecule has 7 heavy (non-hydrogen) atoms. The molecule has 0 aromatic carbocycles. The fourth-order valence-electron chi connectivity index (χ4n) is 0.408. The maximum atomic E-state index is 2.47. The summed E-state index contributed by atoms with van der Waals surface area (Å²) < 4.78 is 0. The third-order valence-electron chi connectivity index (χ3n) is 0.408. The van der Waals surface area contributed by atoms with Crippen LogP contribution in [0.15, 0.2) is 0 Å². The second kappa shape index (κ2) is 4.79. The van der Waals surface area contributed by atoms with Gasteiger partial charge in [-0.25, -0.2) is 0 Å². The van der Waals surface area contributed by atoms with Crippen molar-refractivity contribution in [1.82, 2.24) is 0 Å². The van der Waals surface area contributed by atoms with Crippen molar-refractivity contribution in [2.24, 2.45) is 0 Å². The topological polar surface area (TPSA) is 0 Å². The fraction of sp³-hybridized carbons (Fsp3) is 1.00. The molecule has 0 aromatic heterocycles. The van der Waals surface area contributed by atoms with E-state index in [1.54, 1.807) is 0 Å². The first kappa shape index (κ1) is 8.95. The molecule has 0 rings (SSSR count). The van der Waals surface area contributed by atoms with Crippen LogP contribution in [0.25, 0.3) is 0 Å². The Balaban J connectivity index is 2.95. The van der Waals surface area contributed by atoms with Crippen LogP contribution in [0.2, 0.25) is 19.8 Å². The minimum absolute atomic E-state index is 0.683. The fourth-order valence-corrected chi connectivity index (χ4v) is 55.1. The molecule has 0 fully saturated rings. The first-order valence-corrected chi connectivity index (χ1v) is 21.6. The first-order chi connectivity index (χ1) is 3.13. The number of rotatable bonds is 2. The molecule has 0 bridgehead atoms. The van der Waals surface area contributed by atoms with E-state index in [9.17, 15) is 0 Å². The minimum atomic E-state index is -0.683. The molecule has 42 valence electrons. The zero-order valence-corrected chi connectivity index (χ0v) is 11.9. The summed E-state index contributed by atoms with van der Waals surface area (Å²) in [6, 6.07) is 0. The Bertz CT molecular complexity index is 39.0. The van der Waals surface area contributed by atoms with Gasteiger partial charge in [0.05, 0.1) is 0 Å². The summed E-state index contributed by atoms with van der Waals surface area (Å²) in [5.41, 5.74) is 0. The Morgan fingerprint density at radius 1 is 0.857 bits per heavy atom. The van der Waals surface area contributed by atoms with Crippen molar-refractivity contribution in [1.29, 1.82) is 0 Å². The van der Waals surface area contributed by atoms with Crippen LogP contribution in [-0.4, -0.2) is 36.8 Å². The molecule has 0 amide bonds. The summed E-state index contributed by atoms with van der Waals surface area (Å²) in [6.45, 7) is 0. The van der Waals surface area contributed by atoms with E-state index < -0.39 is 36.8 Å². The molecule has 0 aliphatic carbocycles. The maximum absolute atomic E-state index is 2.47. The van der Waals surface area contributed by atoms with Crippen molar-refractivity contribution in [3.8, 4) is 0 Å². The van der Waals surface area contributed by atoms with Crippen molar-refractivity contribution in [2.45, 2.75) is 19.8 Å². The third kappa shape index (κ3) is 7.95. The van der Waals surface area contributed by atoms with E-state index in [-0.39, 0.29) is 0 Å². The van der Waals surface area contributed by atoms with Gasteiger partial charge in [-0.2, -0.15) is 0 Å². The van der Waals surface area contributed by atoms with Crippen LogP contribution in [0.5, 0.6) is 0 Å². The van der Waals surface area contributed by atoms with Gasteiger partial charge in [-0.3, -0.25) is 0 Å². The predicted molar refractivity (Wildman–Crippen MR) is 42.6 cm³/mol. The summed E-state index contributed by atoms with van der Waals surface area (Å²) in [4.78, 5) is 9.89. The molecule has 0 aliphatic heterocycles. The Kier molecular flexibility index (Phi) is 6.12. The number of hydrogen-bond donors (Lipinski definition) is 0. The van der Waals surface area contributed by atoms with Crippen molar-refractivity contribution < 1.29 is 0 Å². The van der Waals surface area contributed by atoms with Crippen LogP contribution in [0.4, 0.5) is 0 Å². The van der Waals surface area contributed by atoms with Crippen molar-refractivity contribution in [3.63, 3.8) is 0 Å². The molecule has 3 heteroatoms. The van der Waals surface area contributed by atoms with Crippen LogP contribution in [0, 0.1) is 0 Å². The van der Waals surface area contributed by atoms with Gasteiger partial charge in [-0.05, 0) is 0 Å². The first-order valence-electron chi connectivity index (χ1n) is 2.41. The van der Waals surface area contributed by atoms with Gasteiger partial charge in [0.15, 0.2) is 0 Å². The van der Waals surface area contributed by atoms with Crippen LogP contribution in [-0.2, 0) is 0 Å². The molecule has 2 radical (unpaired) electrons. The van der Waals surface area contributed by atoms with E-state index >= 15 is 0 Å². The molecule has 0 heterocycles. The van der Waals surface area contributed by atoms with E-state index in [1.165, 1.54) is 0 Å². The summed E-state index contributed by atoms with van der Waals surface area (Å²) >= 11 is -1.37. The third-order valence-corrected chi connectivity index (χ3v) is 55.1. The van der Waals surface area contributed by atoms with Gasteiger partial charge in [-0.15, -0.1) is 0 Å². The zero-order valence-electron chi connectivity index (χ0n) is 5.41. The Morgan fingerprint density at radius 2 is 1.14 bits per heavy atom. The molecule has 0 aliphatic rings. The van der Waals surface area contributed by atoms with Gasteiger partial charge in [0, 0.05) is 0 Å². The SMILES string of the molecule is [CH3][Sn]([CH3])[S][Sn]([CH3])[CH3]. The van der Waals surface area contributed by atoms with Gasteiger partial charge in [0.25, 0.3) is 0 Å². The molecular formula is C4H12SSn2. The molecule has 0 unspecified atom stereocenters. The molecule has 0 spiro atoms. The average Bonchev–Trinajstić information content (AvgIpc) is 1.27. The molecular weight excluding hydrogens is 318 g/mol. The second-order valence-electron chi connectivity index (χ2n) is 1.92. The molecule has 0 nitrogen and oxygen atoms in total. The zero-order chi connectivity index (χ0) is 5.86. The van der Waals surface area contributed by atoms with Crippen LogP contribution >= 0.6 is 6.13 Å². The molecule has 0 aromatic rings. The van der Waals surface area contributed by atoms with Gasteiger partial charge in [0.1, 0.15) is 0 Å². The summed E-state index contributed by atoms with van der Waals surface area (Å²) in [5.74, 6) is 0. The van der Waals surface area contributed by atoms with Crippen LogP contribution in [0.1, 0.15) is 0 Å². The number of hydrogen-bond acceptors (Lipinski definition) is 1. The van der Waals surface area contributed by atoms with E-state index in [0.29, 0.717) is 0 Å². The Labute approximate surface area is 61.8 Å². The van der Waals surface area contributed by atoms with Crippen molar-refractivity contribution >= 4 is 42.9 Å². The monoisotopic (exact) mass is 332 g/mol. The quantitative estimate of drug-likeness (QED) is 0.700. The molecule has 0 saturated carbocycles. The van der Waals surface area contributed by atoms with E-state index in [0.717, 1.165) is 0 Å². The van der Waals surface area contributed by atoms with Gasteiger partial charge < -0.3 is 0 Å². The van der Waals surface area contributed by atoms with Crippen molar-refractivity contribution in [3.05, 3.63) is 0 Å².